The number of carbonyl (C=O) groups excluding carboxylic acids is 1. The quantitative estimate of drug-likeness (QED) is 0.840. The van der Waals surface area contributed by atoms with Crippen LogP contribution in [0.25, 0.3) is 0 Å². The lowest BCUT2D eigenvalue weighted by atomic mass is 9.79. The zero-order chi connectivity index (χ0) is 18.2. The molecule has 2 aliphatic heterocycles. The highest BCUT2D eigenvalue weighted by Gasteiger charge is 2.43. The van der Waals surface area contributed by atoms with Crippen molar-refractivity contribution in [1.82, 2.24) is 4.31 Å². The summed E-state index contributed by atoms with van der Waals surface area (Å²) in [6.07, 6.45) is 1.92. The van der Waals surface area contributed by atoms with Crippen LogP contribution < -0.4 is 10.6 Å². The fraction of sp³-hybridized carbons (Fsp3) is 0.588. The Balaban J connectivity index is 1.97. The molecule has 2 N–H and O–H groups in total. The van der Waals surface area contributed by atoms with Crippen LogP contribution in [-0.2, 0) is 26.0 Å². The zero-order valence-electron chi connectivity index (χ0n) is 14.7. The minimum absolute atomic E-state index is 0.0172. The lowest BCUT2D eigenvalue weighted by molar-refractivity contribution is -0.132. The Morgan fingerprint density at radius 3 is 2.60 bits per heavy atom. The van der Waals surface area contributed by atoms with Gasteiger partial charge in [-0.15, -0.1) is 0 Å². The molecule has 1 saturated heterocycles. The van der Waals surface area contributed by atoms with Gasteiger partial charge in [-0.3, -0.25) is 4.79 Å². The molecule has 0 bridgehead atoms. The summed E-state index contributed by atoms with van der Waals surface area (Å²) < 4.78 is 31.4. The van der Waals surface area contributed by atoms with Crippen LogP contribution in [0.4, 0.5) is 5.69 Å². The van der Waals surface area contributed by atoms with Crippen molar-refractivity contribution in [3.05, 3.63) is 23.8 Å². The largest absolute Gasteiger partial charge is 0.381 e. The van der Waals surface area contributed by atoms with E-state index >= 15 is 0 Å². The Morgan fingerprint density at radius 2 is 2.00 bits per heavy atom. The third kappa shape index (κ3) is 3.08. The van der Waals surface area contributed by atoms with E-state index in [1.165, 1.54) is 18.4 Å². The molecule has 1 aromatic carbocycles. The second-order valence-electron chi connectivity index (χ2n) is 6.88. The highest BCUT2D eigenvalue weighted by Crippen LogP contribution is 2.38. The maximum atomic E-state index is 13.2. The number of hydrogen-bond donors (Lipinski definition) is 1. The van der Waals surface area contributed by atoms with Crippen LogP contribution in [0.1, 0.15) is 18.4 Å². The Labute approximate surface area is 148 Å². The lowest BCUT2D eigenvalue weighted by Crippen LogP contribution is -2.50. The number of rotatable bonds is 4. The van der Waals surface area contributed by atoms with Crippen LogP contribution in [0, 0.1) is 5.41 Å². The molecule has 0 aliphatic carbocycles. The Kier molecular flexibility index (Phi) is 4.89. The second-order valence-corrected chi connectivity index (χ2v) is 9.03. The number of nitrogens with zero attached hydrogens (tertiary/aromatic N) is 2. The van der Waals surface area contributed by atoms with Crippen molar-refractivity contribution in [1.29, 1.82) is 0 Å². The molecule has 7 nitrogen and oxygen atoms in total. The first-order chi connectivity index (χ1) is 11.8. The molecule has 25 heavy (non-hydrogen) atoms. The number of nitrogens with two attached hydrogens (primary N) is 1. The summed E-state index contributed by atoms with van der Waals surface area (Å²) in [4.78, 5) is 15.2. The third-order valence-corrected chi connectivity index (χ3v) is 7.08. The smallest absolute Gasteiger partial charge is 0.242 e. The van der Waals surface area contributed by atoms with Gasteiger partial charge < -0.3 is 15.4 Å². The number of anilines is 1. The predicted octanol–water partition coefficient (Wildman–Crippen LogP) is 0.582. The summed E-state index contributed by atoms with van der Waals surface area (Å²) in [5.41, 5.74) is 7.02. The summed E-state index contributed by atoms with van der Waals surface area (Å²) in [6, 6.07) is 5.02. The summed E-state index contributed by atoms with van der Waals surface area (Å²) in [7, 11) is -0.549. The lowest BCUT2D eigenvalue weighted by Gasteiger charge is -2.37. The van der Waals surface area contributed by atoms with E-state index in [1.54, 1.807) is 23.1 Å². The average Bonchev–Trinajstić information content (AvgIpc) is 3.04. The summed E-state index contributed by atoms with van der Waals surface area (Å²) in [6.45, 7) is 1.89. The van der Waals surface area contributed by atoms with Crippen molar-refractivity contribution in [2.75, 3.05) is 45.3 Å². The van der Waals surface area contributed by atoms with Gasteiger partial charge in [0.05, 0.1) is 10.3 Å². The molecular weight excluding hydrogens is 342 g/mol. The highest BCUT2D eigenvalue weighted by atomic mass is 32.2. The minimum Gasteiger partial charge on any atom is -0.381 e. The molecule has 0 radical (unpaired) electrons. The number of benzene rings is 1. The molecule has 8 heteroatoms. The number of hydrogen-bond acceptors (Lipinski definition) is 5. The van der Waals surface area contributed by atoms with Crippen molar-refractivity contribution in [2.45, 2.75) is 24.2 Å². The Hall–Kier alpha value is -1.48. The number of carbonyl (C=O) groups is 1. The van der Waals surface area contributed by atoms with Gasteiger partial charge in [0.2, 0.25) is 15.9 Å². The Morgan fingerprint density at radius 1 is 1.32 bits per heavy atom. The Bertz CT molecular complexity index is 770. The van der Waals surface area contributed by atoms with Gasteiger partial charge in [0.15, 0.2) is 0 Å². The van der Waals surface area contributed by atoms with Gasteiger partial charge in [0, 0.05) is 46.1 Å². The van der Waals surface area contributed by atoms with Gasteiger partial charge in [-0.05, 0) is 37.0 Å². The summed E-state index contributed by atoms with van der Waals surface area (Å²) in [5.74, 6) is -0.0172. The molecule has 138 valence electrons. The fourth-order valence-electron chi connectivity index (χ4n) is 3.49. The standard InChI is InChI=1S/C17H25N3O4S/c1-19(2)25(22,23)14-4-3-13-5-8-20(15(13)11-14)16(21)17(12-18)6-9-24-10-7-17/h3-4,11H,5-10,12,18H2,1-2H3. The van der Waals surface area contributed by atoms with Gasteiger partial charge in [-0.1, -0.05) is 6.07 Å². The van der Waals surface area contributed by atoms with Crippen LogP contribution in [0.15, 0.2) is 23.1 Å². The molecule has 0 unspecified atom stereocenters. The zero-order valence-corrected chi connectivity index (χ0v) is 15.5. The number of sulfonamides is 1. The van der Waals surface area contributed by atoms with Crippen LogP contribution >= 0.6 is 0 Å². The van der Waals surface area contributed by atoms with E-state index in [1.807, 2.05) is 0 Å². The molecule has 0 aromatic heterocycles. The second kappa shape index (κ2) is 6.68. The van der Waals surface area contributed by atoms with Crippen molar-refractivity contribution >= 4 is 21.6 Å². The molecule has 2 aliphatic rings. The van der Waals surface area contributed by atoms with Crippen molar-refractivity contribution < 1.29 is 17.9 Å². The summed E-state index contributed by atoms with van der Waals surface area (Å²) in [5, 5.41) is 0. The van der Waals surface area contributed by atoms with Gasteiger partial charge in [0.25, 0.3) is 0 Å². The van der Waals surface area contributed by atoms with Crippen LogP contribution in [0.2, 0.25) is 0 Å². The molecule has 0 atom stereocenters. The maximum absolute atomic E-state index is 13.2. The molecule has 1 amide bonds. The van der Waals surface area contributed by atoms with Gasteiger partial charge in [0.1, 0.15) is 0 Å². The van der Waals surface area contributed by atoms with Crippen molar-refractivity contribution in [3.63, 3.8) is 0 Å². The number of ether oxygens (including phenoxy) is 1. The van der Waals surface area contributed by atoms with E-state index in [2.05, 4.69) is 0 Å². The van der Waals surface area contributed by atoms with Crippen LogP contribution in [0.5, 0.6) is 0 Å². The van der Waals surface area contributed by atoms with E-state index in [-0.39, 0.29) is 17.3 Å². The molecule has 0 spiro atoms. The van der Waals surface area contributed by atoms with Crippen molar-refractivity contribution in [3.8, 4) is 0 Å². The molecule has 2 heterocycles. The van der Waals surface area contributed by atoms with Gasteiger partial charge in [-0.2, -0.15) is 0 Å². The molecule has 3 rings (SSSR count). The molecule has 0 saturated carbocycles. The number of fused-ring (bicyclic) bond motifs is 1. The molecular formula is C17H25N3O4S. The van der Waals surface area contributed by atoms with Gasteiger partial charge in [-0.25, -0.2) is 12.7 Å². The van der Waals surface area contributed by atoms with E-state index < -0.39 is 15.4 Å². The fourth-order valence-corrected chi connectivity index (χ4v) is 4.42. The van der Waals surface area contributed by atoms with E-state index in [9.17, 15) is 13.2 Å². The maximum Gasteiger partial charge on any atom is 0.242 e. The van der Waals surface area contributed by atoms with Gasteiger partial charge >= 0.3 is 0 Å². The molecule has 1 fully saturated rings. The predicted molar refractivity (Wildman–Crippen MR) is 94.9 cm³/mol. The first-order valence-electron chi connectivity index (χ1n) is 8.47. The third-order valence-electron chi connectivity index (χ3n) is 5.27. The minimum atomic E-state index is -3.54. The van der Waals surface area contributed by atoms with Crippen LogP contribution in [0.3, 0.4) is 0 Å². The van der Waals surface area contributed by atoms with E-state index in [4.69, 9.17) is 10.5 Å². The molecule has 1 aromatic rings. The van der Waals surface area contributed by atoms with Crippen LogP contribution in [-0.4, -0.2) is 59.0 Å². The monoisotopic (exact) mass is 367 g/mol. The normalized spacial score (nSPS) is 19.9. The van der Waals surface area contributed by atoms with Crippen molar-refractivity contribution in [2.24, 2.45) is 11.1 Å². The topological polar surface area (TPSA) is 92.9 Å². The average molecular weight is 367 g/mol. The van der Waals surface area contributed by atoms with E-state index in [0.29, 0.717) is 38.3 Å². The first-order valence-corrected chi connectivity index (χ1v) is 9.91. The number of amides is 1. The summed E-state index contributed by atoms with van der Waals surface area (Å²) >= 11 is 0. The highest BCUT2D eigenvalue weighted by molar-refractivity contribution is 7.89. The van der Waals surface area contributed by atoms with E-state index in [0.717, 1.165) is 12.0 Å². The first kappa shape index (κ1) is 18.3. The SMILES string of the molecule is CN(C)S(=O)(=O)c1ccc2c(c1)N(C(=O)C1(CN)CCOCC1)CC2.